The van der Waals surface area contributed by atoms with E-state index in [4.69, 9.17) is 4.74 Å². The summed E-state index contributed by atoms with van der Waals surface area (Å²) in [5, 5.41) is 2.29. The van der Waals surface area contributed by atoms with Crippen LogP contribution in [0.4, 0.5) is 4.39 Å². The quantitative estimate of drug-likeness (QED) is 0.608. The number of quaternary nitrogens is 1. The Morgan fingerprint density at radius 3 is 2.66 bits per heavy atom. The number of hydrogen-bond donors (Lipinski definition) is 1. The van der Waals surface area contributed by atoms with E-state index in [-0.39, 0.29) is 41.5 Å². The number of hydrogen-bond acceptors (Lipinski definition) is 2. The van der Waals surface area contributed by atoms with Crippen molar-refractivity contribution in [2.24, 2.45) is 11.8 Å². The first kappa shape index (κ1) is 28.9. The Labute approximate surface area is 234 Å². The Balaban J connectivity index is 0.00000336. The number of methoxy groups -OCH3 is 1. The average Bonchev–Trinajstić information content (AvgIpc) is 3.34. The van der Waals surface area contributed by atoms with Crippen LogP contribution in [-0.4, -0.2) is 43.6 Å². The number of rotatable bonds is 6. The van der Waals surface area contributed by atoms with Gasteiger partial charge >= 0.3 is 0 Å². The highest BCUT2D eigenvalue weighted by atomic mass is 35.5. The predicted octanol–water partition coefficient (Wildman–Crippen LogP) is 2.13. The number of aryl methyl sites for hydroxylation is 1. The van der Waals surface area contributed by atoms with Gasteiger partial charge in [0.1, 0.15) is 17.5 Å². The van der Waals surface area contributed by atoms with Crippen LogP contribution in [-0.2, 0) is 16.6 Å². The molecule has 0 saturated carbocycles. The maximum Gasteiger partial charge on any atom is 0.232 e. The number of ether oxygens (including phenoxy) is 1. The van der Waals surface area contributed by atoms with Crippen molar-refractivity contribution in [3.63, 3.8) is 0 Å². The summed E-state index contributed by atoms with van der Waals surface area (Å²) in [5.41, 5.74) is 3.63. The van der Waals surface area contributed by atoms with Gasteiger partial charge in [0.05, 0.1) is 25.6 Å². The minimum atomic E-state index is -0.363. The fourth-order valence-corrected chi connectivity index (χ4v) is 8.08. The largest absolute Gasteiger partial charge is 1.00 e. The lowest BCUT2D eigenvalue weighted by molar-refractivity contribution is -0.640. The topological polar surface area (TPSA) is 46.2 Å². The Kier molecular flexibility index (Phi) is 9.09. The Hall–Kier alpha value is -2.11. The van der Waals surface area contributed by atoms with E-state index < -0.39 is 0 Å². The summed E-state index contributed by atoms with van der Waals surface area (Å²) in [6.45, 7) is 8.86. The number of piperidine rings is 1. The van der Waals surface area contributed by atoms with Crippen molar-refractivity contribution in [2.75, 3.05) is 26.7 Å². The van der Waals surface area contributed by atoms with Crippen molar-refractivity contribution in [3.8, 4) is 5.75 Å². The van der Waals surface area contributed by atoms with Crippen molar-refractivity contribution in [1.82, 2.24) is 4.90 Å². The molecule has 2 fully saturated rings. The number of carbonyl (C=O) groups is 1. The predicted molar refractivity (Wildman–Crippen MR) is 145 cm³/mol. The SMILES string of the molecule is CCC(CC)[C@@H]1C[C@H](c2ccccc2)CCN1C(=O)[C@@H]1C[NH2+]C[C@]12CCCc1c(F)cc(C)c(OC)c12.[Cl-]. The van der Waals surface area contributed by atoms with Crippen LogP contribution in [0.15, 0.2) is 36.4 Å². The van der Waals surface area contributed by atoms with Gasteiger partial charge in [-0.15, -0.1) is 0 Å². The van der Waals surface area contributed by atoms with E-state index in [2.05, 4.69) is 54.4 Å². The number of nitrogens with two attached hydrogens (primary N) is 1. The molecule has 3 aliphatic rings. The first-order valence-electron chi connectivity index (χ1n) is 14.5. The number of amides is 1. The van der Waals surface area contributed by atoms with Crippen molar-refractivity contribution in [2.45, 2.75) is 83.1 Å². The van der Waals surface area contributed by atoms with Crippen LogP contribution in [0.2, 0.25) is 0 Å². The van der Waals surface area contributed by atoms with E-state index >= 15 is 4.39 Å². The van der Waals surface area contributed by atoms with Gasteiger partial charge in [-0.2, -0.15) is 0 Å². The summed E-state index contributed by atoms with van der Waals surface area (Å²) in [7, 11) is 1.69. The van der Waals surface area contributed by atoms with Gasteiger partial charge in [-0.05, 0) is 73.6 Å². The Bertz CT molecular complexity index is 1100. The number of fused-ring (bicyclic) bond motifs is 2. The molecular weight excluding hydrogens is 499 g/mol. The van der Waals surface area contributed by atoms with Gasteiger partial charge in [-0.1, -0.05) is 57.0 Å². The van der Waals surface area contributed by atoms with Crippen LogP contribution in [0, 0.1) is 24.6 Å². The summed E-state index contributed by atoms with van der Waals surface area (Å²) >= 11 is 0. The number of benzene rings is 2. The molecule has 5 rings (SSSR count). The molecule has 0 radical (unpaired) electrons. The lowest BCUT2D eigenvalue weighted by atomic mass is 9.63. The molecular formula is C32H44ClFN2O2. The summed E-state index contributed by atoms with van der Waals surface area (Å²) in [6, 6.07) is 12.7. The van der Waals surface area contributed by atoms with Gasteiger partial charge in [0.2, 0.25) is 5.91 Å². The second-order valence-corrected chi connectivity index (χ2v) is 11.7. The van der Waals surface area contributed by atoms with E-state index in [9.17, 15) is 4.79 Å². The zero-order chi connectivity index (χ0) is 26.2. The van der Waals surface area contributed by atoms with Crippen LogP contribution in [0.1, 0.15) is 80.5 Å². The van der Waals surface area contributed by atoms with Gasteiger partial charge in [-0.3, -0.25) is 4.79 Å². The van der Waals surface area contributed by atoms with Gasteiger partial charge in [0.15, 0.2) is 0 Å². The van der Waals surface area contributed by atoms with E-state index in [1.807, 2.05) is 6.92 Å². The second-order valence-electron chi connectivity index (χ2n) is 11.7. The van der Waals surface area contributed by atoms with Gasteiger partial charge in [0, 0.05) is 18.2 Å². The molecule has 0 aromatic heterocycles. The van der Waals surface area contributed by atoms with Gasteiger partial charge < -0.3 is 27.4 Å². The Morgan fingerprint density at radius 1 is 1.24 bits per heavy atom. The molecule has 4 nitrogen and oxygen atoms in total. The van der Waals surface area contributed by atoms with Crippen LogP contribution >= 0.6 is 0 Å². The molecule has 2 heterocycles. The first-order valence-corrected chi connectivity index (χ1v) is 14.5. The molecule has 1 amide bonds. The first-order chi connectivity index (χ1) is 17.9. The number of nitrogens with zero attached hydrogens (tertiary/aromatic N) is 1. The third-order valence-corrected chi connectivity index (χ3v) is 9.94. The minimum Gasteiger partial charge on any atom is -1.00 e. The number of carbonyl (C=O) groups excluding carboxylic acids is 1. The zero-order valence-electron chi connectivity index (χ0n) is 23.4. The van der Waals surface area contributed by atoms with Crippen LogP contribution in [0.25, 0.3) is 0 Å². The average molecular weight is 543 g/mol. The molecule has 2 aromatic rings. The van der Waals surface area contributed by atoms with E-state index in [1.54, 1.807) is 13.2 Å². The molecule has 1 aliphatic carbocycles. The van der Waals surface area contributed by atoms with Crippen molar-refractivity contribution < 1.29 is 31.6 Å². The zero-order valence-corrected chi connectivity index (χ0v) is 24.2. The third kappa shape index (κ3) is 4.86. The summed E-state index contributed by atoms with van der Waals surface area (Å²) in [5.74, 6) is 1.78. The minimum absolute atomic E-state index is 0. The molecule has 1 spiro atoms. The van der Waals surface area contributed by atoms with E-state index in [0.717, 1.165) is 87.0 Å². The molecule has 4 atom stereocenters. The highest BCUT2D eigenvalue weighted by Gasteiger charge is 2.56. The smallest absolute Gasteiger partial charge is 0.232 e. The number of halogens is 2. The molecule has 2 saturated heterocycles. The highest BCUT2D eigenvalue weighted by molar-refractivity contribution is 5.82. The van der Waals surface area contributed by atoms with E-state index in [0.29, 0.717) is 11.8 Å². The molecule has 2 N–H and O–H groups in total. The summed E-state index contributed by atoms with van der Waals surface area (Å²) in [4.78, 5) is 16.9. The standard InChI is InChI=1S/C32H43FN2O2.ClH/c1-5-22(6-2)28-18-24(23-11-8-7-9-12-23)14-16-35(28)31(36)26-19-34-20-32(26)15-10-13-25-27(33)17-21(3)30(37-4)29(25)32;/h7-9,11-12,17,22,24,26,28,34H,5-6,10,13-16,18-20H2,1-4H3;1H/t24-,26+,28+,32-;/m1./s1. The Morgan fingerprint density at radius 2 is 1.97 bits per heavy atom. The van der Waals surface area contributed by atoms with Crippen LogP contribution < -0.4 is 22.5 Å². The van der Waals surface area contributed by atoms with Crippen molar-refractivity contribution >= 4 is 5.91 Å². The van der Waals surface area contributed by atoms with Crippen LogP contribution in [0.5, 0.6) is 5.75 Å². The monoisotopic (exact) mass is 542 g/mol. The molecule has 38 heavy (non-hydrogen) atoms. The van der Waals surface area contributed by atoms with Crippen molar-refractivity contribution in [3.05, 3.63) is 64.5 Å². The van der Waals surface area contributed by atoms with E-state index in [1.165, 1.54) is 5.56 Å². The third-order valence-electron chi connectivity index (χ3n) is 9.94. The van der Waals surface area contributed by atoms with Gasteiger partial charge in [-0.25, -0.2) is 4.39 Å². The fourth-order valence-electron chi connectivity index (χ4n) is 8.08. The lowest BCUT2D eigenvalue weighted by Gasteiger charge is -2.46. The molecule has 0 unspecified atom stereocenters. The molecule has 2 aliphatic heterocycles. The van der Waals surface area contributed by atoms with Crippen LogP contribution in [0.3, 0.4) is 0 Å². The number of likely N-dealkylation sites (tertiary alicyclic amines) is 1. The lowest BCUT2D eigenvalue weighted by Crippen LogP contribution is -3.00. The molecule has 2 aromatic carbocycles. The van der Waals surface area contributed by atoms with Crippen molar-refractivity contribution in [1.29, 1.82) is 0 Å². The summed E-state index contributed by atoms with van der Waals surface area (Å²) in [6.07, 6.45) is 6.75. The molecule has 208 valence electrons. The maximum absolute atomic E-state index is 15.3. The maximum atomic E-state index is 15.3. The summed E-state index contributed by atoms with van der Waals surface area (Å²) < 4.78 is 21.2. The molecule has 0 bridgehead atoms. The normalized spacial score (nSPS) is 26.8. The highest BCUT2D eigenvalue weighted by Crippen LogP contribution is 2.50. The fraction of sp³-hybridized carbons (Fsp3) is 0.594. The second kappa shape index (κ2) is 12.0. The van der Waals surface area contributed by atoms with Gasteiger partial charge in [0.25, 0.3) is 0 Å². The molecule has 6 heteroatoms.